The predicted molar refractivity (Wildman–Crippen MR) is 217 cm³/mol. The molecule has 18 nitrogen and oxygen atoms in total. The molecular weight excluding hydrogens is 819 g/mol. The van der Waals surface area contributed by atoms with Crippen LogP contribution in [0, 0.1) is 11.6 Å². The number of hydrogen-bond acceptors (Lipinski definition) is 18. The van der Waals surface area contributed by atoms with Crippen molar-refractivity contribution in [3.05, 3.63) is 60.7 Å². The minimum absolute atomic E-state index is 0.0239. The summed E-state index contributed by atoms with van der Waals surface area (Å²) >= 11 is 2.29. The van der Waals surface area contributed by atoms with Gasteiger partial charge in [-0.2, -0.15) is 0 Å². The fraction of sp³-hybridized carbons (Fsp3) is 0.368. The van der Waals surface area contributed by atoms with Gasteiger partial charge in [-0.3, -0.25) is 19.6 Å². The quantitative estimate of drug-likeness (QED) is 0.230. The van der Waals surface area contributed by atoms with Gasteiger partial charge in [-0.05, 0) is 60.2 Å². The van der Waals surface area contributed by atoms with Crippen LogP contribution in [0.5, 0.6) is 0 Å². The van der Waals surface area contributed by atoms with Crippen molar-refractivity contribution >= 4 is 57.9 Å². The largest absolute Gasteiger partial charge is 0.377 e. The number of amides is 2. The normalized spacial score (nSPS) is 20.8. The number of anilines is 4. The second-order valence-corrected chi connectivity index (χ2v) is 15.8. The molecule has 0 bridgehead atoms. The van der Waals surface area contributed by atoms with Crippen LogP contribution in [0.1, 0.15) is 26.7 Å². The number of nitrogens with zero attached hydrogens (tertiary/aromatic N) is 14. The molecule has 0 saturated carbocycles. The van der Waals surface area contributed by atoms with E-state index in [1.165, 1.54) is 12.1 Å². The standard InChI is InChI=1S/2C19H18FN7O2S/c2*1-3-19-10-29-7-6-27(19)17-13(26(2)18(19)28)9-22-16(23-17)15-14(24-25-30-15)12-5-4-11(20)8-21-12/h2*4-5,8-9H,3,6-7,10H2,1-2H3/t2*19-/m10/s1. The Morgan fingerprint density at radius 3 is 1.47 bits per heavy atom. The lowest BCUT2D eigenvalue weighted by Gasteiger charge is -2.51. The van der Waals surface area contributed by atoms with Crippen LogP contribution in [0.25, 0.3) is 44.2 Å². The Hall–Kier alpha value is -6.10. The van der Waals surface area contributed by atoms with Crippen molar-refractivity contribution < 1.29 is 27.8 Å². The van der Waals surface area contributed by atoms with Crippen LogP contribution in [0.15, 0.2) is 49.1 Å². The summed E-state index contributed by atoms with van der Waals surface area (Å²) in [6.07, 6.45) is 6.76. The topological polar surface area (TPSA) is 194 Å². The van der Waals surface area contributed by atoms with E-state index >= 15 is 0 Å². The molecule has 0 spiro atoms. The van der Waals surface area contributed by atoms with Crippen LogP contribution in [-0.4, -0.2) is 126 Å². The molecular formula is C38H36F2N14O4S2. The first-order chi connectivity index (χ1) is 29.1. The number of likely N-dealkylation sites (N-methyl/N-ethyl adjacent to an activating group) is 2. The molecule has 2 saturated heterocycles. The molecule has 60 heavy (non-hydrogen) atoms. The first-order valence-electron chi connectivity index (χ1n) is 19.0. The summed E-state index contributed by atoms with van der Waals surface area (Å²) < 4.78 is 45.9. The van der Waals surface area contributed by atoms with Gasteiger partial charge in [-0.15, -0.1) is 10.2 Å². The summed E-state index contributed by atoms with van der Waals surface area (Å²) in [5.41, 5.74) is 1.69. The van der Waals surface area contributed by atoms with Gasteiger partial charge in [0.2, 0.25) is 0 Å². The second kappa shape index (κ2) is 15.5. The van der Waals surface area contributed by atoms with Crippen molar-refractivity contribution in [3.8, 4) is 44.2 Å². The summed E-state index contributed by atoms with van der Waals surface area (Å²) in [6, 6.07) is 5.74. The van der Waals surface area contributed by atoms with Crippen LogP contribution < -0.4 is 19.6 Å². The van der Waals surface area contributed by atoms with Crippen LogP contribution in [0.4, 0.5) is 31.8 Å². The number of hydrogen-bond donors (Lipinski definition) is 0. The fourth-order valence-corrected chi connectivity index (χ4v) is 9.18. The summed E-state index contributed by atoms with van der Waals surface area (Å²) in [6.45, 7) is 6.75. The maximum atomic E-state index is 13.3. The summed E-state index contributed by atoms with van der Waals surface area (Å²) in [4.78, 5) is 61.6. The molecule has 4 aliphatic rings. The lowest BCUT2D eigenvalue weighted by atomic mass is 9.89. The number of morpholine rings is 2. The van der Waals surface area contributed by atoms with Crippen LogP contribution in [0.3, 0.4) is 0 Å². The number of carbonyl (C=O) groups excluding carboxylic acids is 2. The number of carbonyl (C=O) groups is 2. The van der Waals surface area contributed by atoms with Crippen molar-refractivity contribution in [1.82, 2.24) is 49.1 Å². The van der Waals surface area contributed by atoms with E-state index in [0.717, 1.165) is 35.5 Å². The lowest BCUT2D eigenvalue weighted by molar-refractivity contribution is -0.129. The number of fused-ring (bicyclic) bond motifs is 6. The summed E-state index contributed by atoms with van der Waals surface area (Å²) in [7, 11) is 3.46. The zero-order chi connectivity index (χ0) is 41.8. The van der Waals surface area contributed by atoms with E-state index in [-0.39, 0.29) is 11.8 Å². The molecule has 2 fully saturated rings. The van der Waals surface area contributed by atoms with Gasteiger partial charge in [0.05, 0.1) is 62.6 Å². The first kappa shape index (κ1) is 39.4. The van der Waals surface area contributed by atoms with E-state index in [1.54, 1.807) is 48.4 Å². The van der Waals surface area contributed by atoms with Gasteiger partial charge in [0.1, 0.15) is 55.2 Å². The predicted octanol–water partition coefficient (Wildman–Crippen LogP) is 4.32. The highest BCUT2D eigenvalue weighted by atomic mass is 32.1. The molecule has 6 aromatic heterocycles. The van der Waals surface area contributed by atoms with Crippen molar-refractivity contribution in [2.75, 3.05) is 73.2 Å². The van der Waals surface area contributed by atoms with E-state index in [1.807, 2.05) is 23.6 Å². The molecule has 6 aromatic rings. The Labute approximate surface area is 349 Å². The van der Waals surface area contributed by atoms with E-state index < -0.39 is 22.7 Å². The Bertz CT molecular complexity index is 2420. The SMILES string of the molecule is CC[C@@]12COCCN1c1nc(-c3snnc3-c3ccc(F)cn3)ncc1N(C)C2=O.CC[C@]12COCCN1c1nc(-c3snnc3-c3ccc(F)cn3)ncc1N(C)C2=O. The van der Waals surface area contributed by atoms with Gasteiger partial charge >= 0.3 is 0 Å². The van der Waals surface area contributed by atoms with Crippen molar-refractivity contribution in [3.63, 3.8) is 0 Å². The molecule has 0 unspecified atom stereocenters. The number of rotatable bonds is 6. The Balaban J connectivity index is 0.000000154. The minimum Gasteiger partial charge on any atom is -0.377 e. The molecule has 308 valence electrons. The highest BCUT2D eigenvalue weighted by Gasteiger charge is 2.53. The third kappa shape index (κ3) is 6.32. The smallest absolute Gasteiger partial charge is 0.255 e. The van der Waals surface area contributed by atoms with Crippen LogP contribution in [-0.2, 0) is 19.1 Å². The van der Waals surface area contributed by atoms with E-state index in [0.29, 0.717) is 120 Å². The van der Waals surface area contributed by atoms with E-state index in [9.17, 15) is 18.4 Å². The van der Waals surface area contributed by atoms with Crippen molar-refractivity contribution in [2.24, 2.45) is 0 Å². The fourth-order valence-electron chi connectivity index (χ4n) is 7.94. The zero-order valence-electron chi connectivity index (χ0n) is 32.7. The first-order valence-corrected chi connectivity index (χ1v) is 20.6. The monoisotopic (exact) mass is 854 g/mol. The van der Waals surface area contributed by atoms with E-state index in [4.69, 9.17) is 19.4 Å². The van der Waals surface area contributed by atoms with E-state index in [2.05, 4.69) is 39.1 Å². The molecule has 0 aliphatic carbocycles. The molecule has 0 aromatic carbocycles. The molecule has 0 N–H and O–H groups in total. The molecule has 4 aliphatic heterocycles. The second-order valence-electron chi connectivity index (χ2n) is 14.3. The van der Waals surface area contributed by atoms with Gasteiger partial charge in [0, 0.05) is 27.2 Å². The molecule has 2 amide bonds. The van der Waals surface area contributed by atoms with Crippen LogP contribution in [0.2, 0.25) is 0 Å². The zero-order valence-corrected chi connectivity index (χ0v) is 34.4. The Morgan fingerprint density at radius 1 is 0.650 bits per heavy atom. The van der Waals surface area contributed by atoms with Crippen LogP contribution >= 0.6 is 23.1 Å². The highest BCUT2D eigenvalue weighted by molar-refractivity contribution is 7.10. The van der Waals surface area contributed by atoms with Gasteiger partial charge in [-0.1, -0.05) is 22.8 Å². The third-order valence-corrected chi connectivity index (χ3v) is 12.7. The number of aromatic nitrogens is 10. The summed E-state index contributed by atoms with van der Waals surface area (Å²) in [5, 5.41) is 8.30. The van der Waals surface area contributed by atoms with Crippen molar-refractivity contribution in [1.29, 1.82) is 0 Å². The van der Waals surface area contributed by atoms with Gasteiger partial charge in [-0.25, -0.2) is 28.7 Å². The molecule has 0 radical (unpaired) electrons. The minimum atomic E-state index is -0.779. The number of pyridine rings is 2. The van der Waals surface area contributed by atoms with Gasteiger partial charge in [0.25, 0.3) is 11.8 Å². The van der Waals surface area contributed by atoms with Gasteiger partial charge < -0.3 is 29.1 Å². The highest BCUT2D eigenvalue weighted by Crippen LogP contribution is 2.44. The molecule has 22 heteroatoms. The summed E-state index contributed by atoms with van der Waals surface area (Å²) in [5.74, 6) is 1.33. The molecule has 10 heterocycles. The van der Waals surface area contributed by atoms with Crippen molar-refractivity contribution in [2.45, 2.75) is 37.8 Å². The van der Waals surface area contributed by atoms with Gasteiger partial charge in [0.15, 0.2) is 23.3 Å². The maximum Gasteiger partial charge on any atom is 0.255 e. The lowest BCUT2D eigenvalue weighted by Crippen LogP contribution is -2.68. The molecule has 2 atom stereocenters. The molecule has 10 rings (SSSR count). The number of ether oxygens (including phenoxy) is 2. The number of halogens is 2. The average molecular weight is 855 g/mol. The average Bonchev–Trinajstić information content (AvgIpc) is 3.99. The Morgan fingerprint density at radius 2 is 1.08 bits per heavy atom. The maximum absolute atomic E-state index is 13.3. The third-order valence-electron chi connectivity index (χ3n) is 11.3. The Kier molecular flexibility index (Phi) is 10.2.